The van der Waals surface area contributed by atoms with E-state index in [2.05, 4.69) is 115 Å². The van der Waals surface area contributed by atoms with E-state index < -0.39 is 0 Å². The lowest BCUT2D eigenvalue weighted by Gasteiger charge is -2.22. The molecule has 1 aliphatic carbocycles. The maximum absolute atomic E-state index is 2.36. The van der Waals surface area contributed by atoms with Gasteiger partial charge >= 0.3 is 0 Å². The Balaban J connectivity index is 1.51. The van der Waals surface area contributed by atoms with Gasteiger partial charge in [0.1, 0.15) is 14.1 Å². The van der Waals surface area contributed by atoms with Crippen LogP contribution in [-0.2, 0) is 14.1 Å². The number of pyridine rings is 2. The molecule has 1 aliphatic rings. The van der Waals surface area contributed by atoms with Crippen molar-refractivity contribution in [3.8, 4) is 33.8 Å². The number of nitrogens with zero attached hydrogens (tertiary/aromatic N) is 2. The van der Waals surface area contributed by atoms with Gasteiger partial charge in [-0.25, -0.2) is 0 Å². The van der Waals surface area contributed by atoms with Gasteiger partial charge in [-0.3, -0.25) is 0 Å². The fourth-order valence-corrected chi connectivity index (χ4v) is 5.36. The number of hydrogen-bond acceptors (Lipinski definition) is 0. The molecule has 2 aromatic heterocycles. The monoisotopic (exact) mass is 434 g/mol. The summed E-state index contributed by atoms with van der Waals surface area (Å²) in [6.45, 7) is 2.21. The van der Waals surface area contributed by atoms with Crippen LogP contribution in [0, 0.1) is 6.92 Å². The van der Waals surface area contributed by atoms with Crippen LogP contribution < -0.4 is 9.13 Å². The number of benzene rings is 2. The van der Waals surface area contributed by atoms with Gasteiger partial charge in [-0.2, -0.15) is 9.13 Å². The molecule has 0 unspecified atom stereocenters. The summed E-state index contributed by atoms with van der Waals surface area (Å²) in [6.07, 6.45) is 8.96. The molecule has 1 saturated carbocycles. The molecule has 2 nitrogen and oxygen atoms in total. The first-order valence-corrected chi connectivity index (χ1v) is 12.3. The second-order valence-electron chi connectivity index (χ2n) is 9.54. The number of aromatic nitrogens is 2. The third-order valence-electron chi connectivity index (χ3n) is 7.38. The van der Waals surface area contributed by atoms with E-state index in [-0.39, 0.29) is 0 Å². The minimum absolute atomic E-state index is 0.752. The average Bonchev–Trinajstić information content (AvgIpc) is 2.86. The lowest BCUT2D eigenvalue weighted by molar-refractivity contribution is -0.685. The highest BCUT2D eigenvalue weighted by Gasteiger charge is 2.23. The fourth-order valence-electron chi connectivity index (χ4n) is 5.36. The second-order valence-corrected chi connectivity index (χ2v) is 9.54. The van der Waals surface area contributed by atoms with Gasteiger partial charge in [-0.15, -0.1) is 0 Å². The molecule has 0 saturated heterocycles. The van der Waals surface area contributed by atoms with Gasteiger partial charge in [0.05, 0.1) is 0 Å². The minimum Gasteiger partial charge on any atom is -0.196 e. The van der Waals surface area contributed by atoms with Gasteiger partial charge < -0.3 is 0 Å². The summed E-state index contributed by atoms with van der Waals surface area (Å²) < 4.78 is 4.49. The normalized spacial score (nSPS) is 14.4. The third-order valence-corrected chi connectivity index (χ3v) is 7.38. The van der Waals surface area contributed by atoms with Crippen molar-refractivity contribution in [1.29, 1.82) is 0 Å². The Hall–Kier alpha value is -3.26. The molecule has 166 valence electrons. The van der Waals surface area contributed by atoms with Gasteiger partial charge in [0, 0.05) is 29.8 Å². The van der Waals surface area contributed by atoms with Gasteiger partial charge in [-0.1, -0.05) is 55.7 Å². The van der Waals surface area contributed by atoms with Crippen LogP contribution in [0.5, 0.6) is 0 Å². The first-order chi connectivity index (χ1) is 16.1. The number of hydrogen-bond donors (Lipinski definition) is 0. The molecule has 2 aromatic carbocycles. The maximum Gasteiger partial charge on any atom is 0.277 e. The van der Waals surface area contributed by atoms with Gasteiger partial charge in [0.25, 0.3) is 11.4 Å². The van der Waals surface area contributed by atoms with Crippen LogP contribution in [0.2, 0.25) is 0 Å². The Labute approximate surface area is 198 Å². The van der Waals surface area contributed by atoms with Crippen molar-refractivity contribution in [2.24, 2.45) is 14.1 Å². The molecule has 0 aliphatic heterocycles. The Bertz CT molecular complexity index is 1260. The summed E-state index contributed by atoms with van der Waals surface area (Å²) in [4.78, 5) is 0. The van der Waals surface area contributed by atoms with Crippen molar-refractivity contribution in [1.82, 2.24) is 0 Å². The zero-order valence-electron chi connectivity index (χ0n) is 20.1. The molecule has 5 rings (SSSR count). The van der Waals surface area contributed by atoms with Crippen molar-refractivity contribution >= 4 is 0 Å². The topological polar surface area (TPSA) is 7.76 Å². The van der Waals surface area contributed by atoms with Gasteiger partial charge in [0.2, 0.25) is 5.69 Å². The van der Waals surface area contributed by atoms with Gasteiger partial charge in [-0.05, 0) is 66.1 Å². The van der Waals surface area contributed by atoms with E-state index in [0.29, 0.717) is 0 Å². The molecule has 0 atom stereocenters. The quantitative estimate of drug-likeness (QED) is 0.316. The maximum atomic E-state index is 2.36. The van der Waals surface area contributed by atoms with Crippen LogP contribution in [0.3, 0.4) is 0 Å². The van der Waals surface area contributed by atoms with Crippen LogP contribution in [-0.4, -0.2) is 0 Å². The molecule has 0 bridgehead atoms. The van der Waals surface area contributed by atoms with E-state index in [4.69, 9.17) is 0 Å². The average molecular weight is 435 g/mol. The summed E-state index contributed by atoms with van der Waals surface area (Å²) >= 11 is 0. The molecule has 0 N–H and O–H groups in total. The molecule has 2 heterocycles. The van der Waals surface area contributed by atoms with Crippen molar-refractivity contribution in [3.63, 3.8) is 0 Å². The van der Waals surface area contributed by atoms with Crippen LogP contribution in [0.4, 0.5) is 0 Å². The highest BCUT2D eigenvalue weighted by atomic mass is 15.0. The summed E-state index contributed by atoms with van der Waals surface area (Å²) in [5, 5.41) is 0. The van der Waals surface area contributed by atoms with E-state index in [1.165, 1.54) is 77.0 Å². The number of rotatable bonds is 4. The van der Waals surface area contributed by atoms with Crippen LogP contribution in [0.15, 0.2) is 85.1 Å². The standard InChI is InChI=1S/C31H34N2/c1-23-15-16-27(26-19-17-25(18-20-26)24-10-5-4-6-11-24)22-28(23)29-13-9-14-31(33(29)3)30-12-7-8-21-32(30)2/h7-9,12-22,24H,4-6,10-11H2,1-3H3/q+2. The Kier molecular flexibility index (Phi) is 6.09. The Morgan fingerprint density at radius 3 is 2.12 bits per heavy atom. The van der Waals surface area contributed by atoms with E-state index >= 15 is 0 Å². The highest BCUT2D eigenvalue weighted by Crippen LogP contribution is 2.34. The van der Waals surface area contributed by atoms with Crippen molar-refractivity contribution in [2.75, 3.05) is 0 Å². The predicted molar refractivity (Wildman–Crippen MR) is 136 cm³/mol. The lowest BCUT2D eigenvalue weighted by Crippen LogP contribution is -2.39. The van der Waals surface area contributed by atoms with E-state index in [9.17, 15) is 0 Å². The lowest BCUT2D eigenvalue weighted by atomic mass is 9.83. The first kappa shape index (κ1) is 21.6. The fraction of sp³-hybridized carbons (Fsp3) is 0.290. The first-order valence-electron chi connectivity index (χ1n) is 12.3. The molecule has 33 heavy (non-hydrogen) atoms. The largest absolute Gasteiger partial charge is 0.277 e. The summed E-state index contributed by atoms with van der Waals surface area (Å²) in [7, 11) is 4.27. The van der Waals surface area contributed by atoms with Crippen LogP contribution in [0.25, 0.3) is 33.8 Å². The zero-order chi connectivity index (χ0) is 22.8. The Morgan fingerprint density at radius 1 is 0.667 bits per heavy atom. The third kappa shape index (κ3) is 4.35. The SMILES string of the molecule is Cc1ccc(-c2ccc(C3CCCCC3)cc2)cc1-c1cccc(-c2cccc[n+]2C)[n+]1C. The molecular weight excluding hydrogens is 400 g/mol. The van der Waals surface area contributed by atoms with Crippen molar-refractivity contribution in [2.45, 2.75) is 44.9 Å². The van der Waals surface area contributed by atoms with E-state index in [0.717, 1.165) is 5.92 Å². The predicted octanol–water partition coefficient (Wildman–Crippen LogP) is 6.69. The smallest absolute Gasteiger partial charge is 0.196 e. The van der Waals surface area contributed by atoms with Crippen molar-refractivity contribution < 1.29 is 9.13 Å². The zero-order valence-corrected chi connectivity index (χ0v) is 20.1. The second kappa shape index (κ2) is 9.31. The molecule has 4 aromatic rings. The molecule has 0 spiro atoms. The minimum atomic E-state index is 0.752. The van der Waals surface area contributed by atoms with E-state index in [1.54, 1.807) is 0 Å². The van der Waals surface area contributed by atoms with Crippen LogP contribution >= 0.6 is 0 Å². The Morgan fingerprint density at radius 2 is 1.36 bits per heavy atom. The summed E-state index contributed by atoms with van der Waals surface area (Å²) in [6, 6.07) is 29.2. The molecule has 0 amide bonds. The van der Waals surface area contributed by atoms with Crippen LogP contribution in [0.1, 0.15) is 49.1 Å². The highest BCUT2D eigenvalue weighted by molar-refractivity contribution is 5.73. The molecule has 0 radical (unpaired) electrons. The molecule has 1 fully saturated rings. The molecule has 2 heteroatoms. The molecular formula is C31H34N2+2. The number of aryl methyl sites for hydroxylation is 2. The summed E-state index contributed by atoms with van der Waals surface area (Å²) in [5.74, 6) is 0.752. The van der Waals surface area contributed by atoms with Crippen molar-refractivity contribution in [3.05, 3.63) is 96.2 Å². The summed E-state index contributed by atoms with van der Waals surface area (Å²) in [5.41, 5.74) is 10.3. The van der Waals surface area contributed by atoms with Gasteiger partial charge in [0.15, 0.2) is 6.20 Å². The van der Waals surface area contributed by atoms with E-state index in [1.807, 2.05) is 0 Å².